The molecular formula is C13H19NO8. The predicted molar refractivity (Wildman–Crippen MR) is 73.3 cm³/mol. The van der Waals surface area contributed by atoms with Crippen LogP contribution in [0.25, 0.3) is 0 Å². The second-order valence-corrected chi connectivity index (χ2v) is 4.58. The van der Waals surface area contributed by atoms with Crippen LogP contribution in [0.1, 0.15) is 6.92 Å². The number of ether oxygens (including phenoxy) is 3. The van der Waals surface area contributed by atoms with Crippen molar-refractivity contribution in [3.8, 4) is 0 Å². The minimum absolute atomic E-state index is 0.114. The predicted octanol–water partition coefficient (Wildman–Crippen LogP) is -0.790. The van der Waals surface area contributed by atoms with Crippen molar-refractivity contribution in [3.05, 3.63) is 29.1 Å². The molecule has 22 heavy (non-hydrogen) atoms. The molecule has 0 aliphatic carbocycles. The van der Waals surface area contributed by atoms with Gasteiger partial charge >= 0.3 is 0 Å². The highest BCUT2D eigenvalue weighted by molar-refractivity contribution is 5.92. The van der Waals surface area contributed by atoms with E-state index in [0.29, 0.717) is 0 Å². The number of hydrogen-bond acceptors (Lipinski definition) is 9. The van der Waals surface area contributed by atoms with E-state index in [1.54, 1.807) is 0 Å². The lowest BCUT2D eigenvalue weighted by atomic mass is 9.97. The quantitative estimate of drug-likeness (QED) is 0.241. The monoisotopic (exact) mass is 317 g/mol. The molecule has 1 aliphatic rings. The van der Waals surface area contributed by atoms with E-state index in [1.807, 2.05) is 0 Å². The molecule has 3 N–H and O–H groups in total. The fourth-order valence-electron chi connectivity index (χ4n) is 2.03. The number of rotatable bonds is 7. The van der Waals surface area contributed by atoms with Crippen LogP contribution >= 0.6 is 0 Å². The molecular weight excluding hydrogens is 298 g/mol. The zero-order chi connectivity index (χ0) is 16.9. The highest BCUT2D eigenvalue weighted by Gasteiger charge is 2.47. The fourth-order valence-corrected chi connectivity index (χ4v) is 2.03. The summed E-state index contributed by atoms with van der Waals surface area (Å²) in [5, 5.41) is 31.5. The van der Waals surface area contributed by atoms with Crippen LogP contribution in [0.5, 0.6) is 0 Å². The van der Waals surface area contributed by atoms with E-state index in [4.69, 9.17) is 19.3 Å². The molecule has 9 heteroatoms. The molecule has 1 saturated heterocycles. The van der Waals surface area contributed by atoms with E-state index >= 15 is 0 Å². The smallest absolute Gasteiger partial charge is 0.229 e. The number of allylic oxidation sites excluding steroid dienone is 2. The van der Waals surface area contributed by atoms with Crippen LogP contribution in [0.3, 0.4) is 0 Å². The third kappa shape index (κ3) is 3.69. The number of aliphatic hydroxyl groups excluding tert-OH is 3. The number of carbonyl (C=O) groups is 1. The summed E-state index contributed by atoms with van der Waals surface area (Å²) in [6, 6.07) is -1.45. The molecule has 0 aromatic carbocycles. The van der Waals surface area contributed by atoms with Gasteiger partial charge in [-0.25, -0.2) is 0 Å². The lowest BCUT2D eigenvalue weighted by Gasteiger charge is -2.39. The summed E-state index contributed by atoms with van der Waals surface area (Å²) >= 11 is 0. The van der Waals surface area contributed by atoms with Crippen LogP contribution in [0.4, 0.5) is 0 Å². The molecule has 0 saturated carbocycles. The van der Waals surface area contributed by atoms with E-state index in [1.165, 1.54) is 20.1 Å². The molecule has 0 spiro atoms. The number of hydrogen-bond donors (Lipinski definition) is 3. The Morgan fingerprint density at radius 3 is 2.45 bits per heavy atom. The summed E-state index contributed by atoms with van der Waals surface area (Å²) in [5.41, 5.74) is 0. The molecule has 1 aliphatic heterocycles. The van der Waals surface area contributed by atoms with Gasteiger partial charge in [-0.15, -0.1) is 0 Å². The van der Waals surface area contributed by atoms with Gasteiger partial charge in [0.1, 0.15) is 18.3 Å². The minimum Gasteiger partial charge on any atom is -0.490 e. The molecule has 1 fully saturated rings. The Kier molecular flexibility index (Phi) is 6.62. The van der Waals surface area contributed by atoms with E-state index < -0.39 is 43.0 Å². The van der Waals surface area contributed by atoms with Crippen LogP contribution in [-0.2, 0) is 19.0 Å². The molecule has 124 valence electrons. The summed E-state index contributed by atoms with van der Waals surface area (Å²) < 4.78 is 15.4. The highest BCUT2D eigenvalue weighted by atomic mass is 16.7. The summed E-state index contributed by atoms with van der Waals surface area (Å²) in [6.45, 7) is 4.08. The van der Waals surface area contributed by atoms with Crippen LogP contribution in [0.15, 0.2) is 29.4 Å². The van der Waals surface area contributed by atoms with Gasteiger partial charge in [-0.05, 0) is 6.08 Å². The first-order chi connectivity index (χ1) is 10.4. The van der Waals surface area contributed by atoms with Gasteiger partial charge in [0.15, 0.2) is 17.6 Å². The van der Waals surface area contributed by atoms with Crippen molar-refractivity contribution in [2.45, 2.75) is 37.6 Å². The van der Waals surface area contributed by atoms with E-state index in [0.717, 1.165) is 0 Å². The third-order valence-electron chi connectivity index (χ3n) is 3.15. The lowest BCUT2D eigenvalue weighted by molar-refractivity contribution is -0.263. The number of carbonyl (C=O) groups excluding carboxylic acids is 1. The molecule has 1 heterocycles. The van der Waals surface area contributed by atoms with Gasteiger partial charge in [0, 0.05) is 6.92 Å². The standard InChI is InChI=1S/C13H19NO8/c1-4-7(12(20-3)6(2)16)21-13-11(18)9(14-19)10(17)8(5-15)22-13/h4,8-11,13,15,17-18H,1,5H2,2-3H3/b12-7+/t8?,9?,10?,11?,13-/m0/s1. The van der Waals surface area contributed by atoms with Crippen LogP contribution in [-0.4, -0.2) is 65.5 Å². The molecule has 0 amide bonds. The summed E-state index contributed by atoms with van der Waals surface area (Å²) in [7, 11) is 1.25. The molecule has 0 aromatic heterocycles. The number of methoxy groups -OCH3 is 1. The number of ketones is 1. The van der Waals surface area contributed by atoms with Crippen molar-refractivity contribution in [2.24, 2.45) is 5.18 Å². The Morgan fingerprint density at radius 1 is 1.41 bits per heavy atom. The van der Waals surface area contributed by atoms with Gasteiger partial charge < -0.3 is 29.5 Å². The summed E-state index contributed by atoms with van der Waals surface area (Å²) in [4.78, 5) is 22.2. The maximum absolute atomic E-state index is 11.4. The van der Waals surface area contributed by atoms with Gasteiger partial charge in [-0.2, -0.15) is 4.91 Å². The fraction of sp³-hybridized carbons (Fsp3) is 0.615. The van der Waals surface area contributed by atoms with Gasteiger partial charge in [0.05, 0.1) is 13.7 Å². The van der Waals surface area contributed by atoms with Crippen molar-refractivity contribution in [1.82, 2.24) is 0 Å². The SMILES string of the molecule is C=C/C(O[C@H]1OC(CO)C(O)C(N=O)C1O)=C(\OC)C(C)=O. The Balaban J connectivity index is 3.06. The van der Waals surface area contributed by atoms with Crippen LogP contribution in [0.2, 0.25) is 0 Å². The van der Waals surface area contributed by atoms with Crippen molar-refractivity contribution in [1.29, 1.82) is 0 Å². The van der Waals surface area contributed by atoms with Crippen LogP contribution in [0, 0.1) is 4.91 Å². The zero-order valence-corrected chi connectivity index (χ0v) is 12.2. The van der Waals surface area contributed by atoms with Crippen molar-refractivity contribution in [3.63, 3.8) is 0 Å². The third-order valence-corrected chi connectivity index (χ3v) is 3.15. The topological polar surface area (TPSA) is 135 Å². The molecule has 1 rings (SSSR count). The van der Waals surface area contributed by atoms with Crippen molar-refractivity contribution in [2.75, 3.05) is 13.7 Å². The number of nitrogens with zero attached hydrogens (tertiary/aromatic N) is 1. The summed E-state index contributed by atoms with van der Waals surface area (Å²) in [6.07, 6.45) is -4.54. The molecule has 0 bridgehead atoms. The maximum Gasteiger partial charge on any atom is 0.229 e. The van der Waals surface area contributed by atoms with E-state index in [2.05, 4.69) is 11.8 Å². The molecule has 4 unspecified atom stereocenters. The van der Waals surface area contributed by atoms with E-state index in [9.17, 15) is 19.9 Å². The van der Waals surface area contributed by atoms with Gasteiger partial charge in [0.25, 0.3) is 0 Å². The molecule has 0 radical (unpaired) electrons. The largest absolute Gasteiger partial charge is 0.490 e. The molecule has 5 atom stereocenters. The highest BCUT2D eigenvalue weighted by Crippen LogP contribution is 2.26. The lowest BCUT2D eigenvalue weighted by Crippen LogP contribution is -2.58. The van der Waals surface area contributed by atoms with Gasteiger partial charge in [-0.1, -0.05) is 11.8 Å². The zero-order valence-electron chi connectivity index (χ0n) is 12.2. The van der Waals surface area contributed by atoms with E-state index in [-0.39, 0.29) is 11.5 Å². The first-order valence-corrected chi connectivity index (χ1v) is 6.44. The first kappa shape index (κ1) is 18.2. The molecule has 9 nitrogen and oxygen atoms in total. The number of aliphatic hydroxyl groups is 3. The first-order valence-electron chi connectivity index (χ1n) is 6.44. The Labute approximate surface area is 126 Å². The van der Waals surface area contributed by atoms with Crippen molar-refractivity contribution >= 4 is 5.78 Å². The molecule has 0 aromatic rings. The second kappa shape index (κ2) is 7.99. The second-order valence-electron chi connectivity index (χ2n) is 4.58. The Morgan fingerprint density at radius 2 is 2.05 bits per heavy atom. The summed E-state index contributed by atoms with van der Waals surface area (Å²) in [5.74, 6) is -0.726. The number of Topliss-reactive ketones (excluding diaryl/α,β-unsaturated/α-hetero) is 1. The Hall–Kier alpha value is -1.81. The van der Waals surface area contributed by atoms with Gasteiger partial charge in [0.2, 0.25) is 12.0 Å². The average Bonchev–Trinajstić information content (AvgIpc) is 2.49. The van der Waals surface area contributed by atoms with Crippen LogP contribution < -0.4 is 0 Å². The number of nitroso groups, excluding NO2 is 1. The van der Waals surface area contributed by atoms with Crippen molar-refractivity contribution < 1.29 is 34.3 Å². The van der Waals surface area contributed by atoms with Gasteiger partial charge in [-0.3, -0.25) is 4.79 Å². The maximum atomic E-state index is 11.4. The normalized spacial score (nSPS) is 32.7. The average molecular weight is 317 g/mol. The minimum atomic E-state index is -1.60. The Bertz CT molecular complexity index is 463.